The third-order valence-electron chi connectivity index (χ3n) is 0.784. The zero-order chi connectivity index (χ0) is 5.82. The van der Waals surface area contributed by atoms with Gasteiger partial charge in [0.05, 0.1) is 12.1 Å². The Morgan fingerprint density at radius 3 is 3.12 bits per heavy atom. The van der Waals surface area contributed by atoms with Gasteiger partial charge in [0, 0.05) is 24.3 Å². The zero-order valence-electron chi connectivity index (χ0n) is 4.30. The molecule has 4 heteroatoms. The molecule has 0 aromatic heterocycles. The van der Waals surface area contributed by atoms with Crippen molar-refractivity contribution in [2.75, 3.05) is 11.9 Å². The van der Waals surface area contributed by atoms with Gasteiger partial charge in [0.2, 0.25) is 0 Å². The molecule has 0 saturated heterocycles. The molecule has 0 saturated carbocycles. The van der Waals surface area contributed by atoms with E-state index >= 15 is 0 Å². The Morgan fingerprint density at radius 1 is 1.75 bits per heavy atom. The summed E-state index contributed by atoms with van der Waals surface area (Å²) < 4.78 is 5.12. The Bertz CT molecular complexity index is 96.0. The molecule has 0 radical (unpaired) electrons. The van der Waals surface area contributed by atoms with E-state index in [-0.39, 0.29) is 0 Å². The van der Waals surface area contributed by atoms with Crippen molar-refractivity contribution in [1.29, 1.82) is 0 Å². The second-order valence-electron chi connectivity index (χ2n) is 1.35. The molecule has 1 N–H and O–H groups in total. The van der Waals surface area contributed by atoms with Gasteiger partial charge < -0.3 is 9.03 Å². The molecular formula is C4H7BrN2S. The van der Waals surface area contributed by atoms with Crippen LogP contribution in [0.15, 0.2) is 12.4 Å². The summed E-state index contributed by atoms with van der Waals surface area (Å²) in [6, 6.07) is 0. The molecule has 0 fully saturated rings. The van der Waals surface area contributed by atoms with Crippen molar-refractivity contribution in [3.05, 3.63) is 12.4 Å². The zero-order valence-corrected chi connectivity index (χ0v) is 6.70. The Labute approximate surface area is 61.7 Å². The highest BCUT2D eigenvalue weighted by Crippen LogP contribution is 2.11. The van der Waals surface area contributed by atoms with E-state index in [1.165, 1.54) is 0 Å². The summed E-state index contributed by atoms with van der Waals surface area (Å²) in [5.74, 6) is 0. The summed E-state index contributed by atoms with van der Waals surface area (Å²) >= 11 is 4.95. The highest BCUT2D eigenvalue weighted by molar-refractivity contribution is 9.09. The summed E-state index contributed by atoms with van der Waals surface area (Å²) in [6.45, 7) is 1.05. The maximum absolute atomic E-state index is 3.34. The number of alkyl halides is 1. The van der Waals surface area contributed by atoms with Crippen LogP contribution in [0.25, 0.3) is 0 Å². The Kier molecular flexibility index (Phi) is 2.55. The van der Waals surface area contributed by atoms with Crippen LogP contribution in [0.2, 0.25) is 0 Å². The minimum atomic E-state index is 1.02. The number of hydrogen-bond donors (Lipinski definition) is 1. The van der Waals surface area contributed by atoms with Crippen LogP contribution in [0.1, 0.15) is 0 Å². The maximum Gasteiger partial charge on any atom is 0.0675 e. The van der Waals surface area contributed by atoms with Crippen molar-refractivity contribution in [3.8, 4) is 0 Å². The molecule has 0 bridgehead atoms. The molecule has 0 atom stereocenters. The molecule has 8 heavy (non-hydrogen) atoms. The molecule has 1 aliphatic rings. The summed E-state index contributed by atoms with van der Waals surface area (Å²) in [5.41, 5.74) is 0. The van der Waals surface area contributed by atoms with Crippen molar-refractivity contribution >= 4 is 28.1 Å². The lowest BCUT2D eigenvalue weighted by atomic mass is 10.7. The van der Waals surface area contributed by atoms with Gasteiger partial charge in [0.25, 0.3) is 0 Å². The smallest absolute Gasteiger partial charge is 0.0675 e. The molecule has 46 valence electrons. The van der Waals surface area contributed by atoms with Gasteiger partial charge in [-0.25, -0.2) is 0 Å². The van der Waals surface area contributed by atoms with Gasteiger partial charge in [0.15, 0.2) is 0 Å². The van der Waals surface area contributed by atoms with Crippen LogP contribution in [-0.4, -0.2) is 16.2 Å². The maximum atomic E-state index is 3.34. The lowest BCUT2D eigenvalue weighted by Crippen LogP contribution is -2.08. The SMILES string of the molecule is BrCCN1C=CNS1. The van der Waals surface area contributed by atoms with Crippen LogP contribution in [0.4, 0.5) is 0 Å². The normalized spacial score (nSPS) is 16.9. The fraction of sp³-hybridized carbons (Fsp3) is 0.500. The molecule has 0 spiro atoms. The van der Waals surface area contributed by atoms with Gasteiger partial charge in [-0.15, -0.1) is 0 Å². The Hall–Kier alpha value is 0.170. The fourth-order valence-corrected chi connectivity index (χ4v) is 1.62. The molecule has 0 aromatic carbocycles. The van der Waals surface area contributed by atoms with Gasteiger partial charge in [0.1, 0.15) is 0 Å². The predicted octanol–water partition coefficient (Wildman–Crippen LogP) is 1.32. The Balaban J connectivity index is 2.16. The third kappa shape index (κ3) is 1.59. The topological polar surface area (TPSA) is 15.3 Å². The van der Waals surface area contributed by atoms with Gasteiger partial charge in [-0.1, -0.05) is 15.9 Å². The van der Waals surface area contributed by atoms with E-state index in [1.807, 2.05) is 12.4 Å². The molecular weight excluding hydrogens is 188 g/mol. The molecule has 1 heterocycles. The average Bonchev–Trinajstić information content (AvgIpc) is 2.19. The van der Waals surface area contributed by atoms with Crippen LogP contribution in [0, 0.1) is 0 Å². The van der Waals surface area contributed by atoms with Crippen molar-refractivity contribution < 1.29 is 0 Å². The lowest BCUT2D eigenvalue weighted by molar-refractivity contribution is 0.677. The van der Waals surface area contributed by atoms with Crippen LogP contribution < -0.4 is 4.72 Å². The van der Waals surface area contributed by atoms with Crippen LogP contribution in [0.3, 0.4) is 0 Å². The first-order valence-electron chi connectivity index (χ1n) is 2.35. The van der Waals surface area contributed by atoms with Crippen molar-refractivity contribution in [2.45, 2.75) is 0 Å². The average molecular weight is 195 g/mol. The van der Waals surface area contributed by atoms with Crippen LogP contribution >= 0.6 is 28.1 Å². The highest BCUT2D eigenvalue weighted by Gasteiger charge is 2.00. The van der Waals surface area contributed by atoms with E-state index in [2.05, 4.69) is 25.0 Å². The highest BCUT2D eigenvalue weighted by atomic mass is 79.9. The molecule has 0 unspecified atom stereocenters. The standard InChI is InChI=1S/C4H7BrN2S/c5-1-3-7-4-2-6-8-7/h2,4,6H,1,3H2. The van der Waals surface area contributed by atoms with Gasteiger partial charge in [-0.05, 0) is 0 Å². The number of hydrogen-bond acceptors (Lipinski definition) is 3. The number of nitrogens with one attached hydrogen (secondary N) is 1. The van der Waals surface area contributed by atoms with Crippen molar-refractivity contribution in [1.82, 2.24) is 9.03 Å². The summed E-state index contributed by atoms with van der Waals surface area (Å²) in [7, 11) is 0. The summed E-state index contributed by atoms with van der Waals surface area (Å²) in [5, 5.41) is 1.02. The number of rotatable bonds is 2. The summed E-state index contributed by atoms with van der Waals surface area (Å²) in [4.78, 5) is 0. The van der Waals surface area contributed by atoms with Crippen molar-refractivity contribution in [2.24, 2.45) is 0 Å². The van der Waals surface area contributed by atoms with Crippen LogP contribution in [-0.2, 0) is 0 Å². The van der Waals surface area contributed by atoms with Gasteiger partial charge >= 0.3 is 0 Å². The first-order chi connectivity index (χ1) is 3.93. The van der Waals surface area contributed by atoms with E-state index in [0.717, 1.165) is 11.9 Å². The van der Waals surface area contributed by atoms with E-state index in [4.69, 9.17) is 0 Å². The molecule has 2 nitrogen and oxygen atoms in total. The van der Waals surface area contributed by atoms with Gasteiger partial charge in [-0.3, -0.25) is 0 Å². The van der Waals surface area contributed by atoms with E-state index < -0.39 is 0 Å². The molecule has 0 amide bonds. The second-order valence-corrected chi connectivity index (χ2v) is 3.03. The first kappa shape index (κ1) is 6.29. The largest absolute Gasteiger partial charge is 0.317 e. The number of nitrogens with zero attached hydrogens (tertiary/aromatic N) is 1. The fourth-order valence-electron chi connectivity index (χ4n) is 0.446. The third-order valence-corrected chi connectivity index (χ3v) is 1.92. The quantitative estimate of drug-likeness (QED) is 0.528. The Morgan fingerprint density at radius 2 is 2.62 bits per heavy atom. The van der Waals surface area contributed by atoms with Crippen molar-refractivity contribution in [3.63, 3.8) is 0 Å². The first-order valence-corrected chi connectivity index (χ1v) is 4.25. The molecule has 0 aliphatic carbocycles. The second kappa shape index (κ2) is 3.25. The van der Waals surface area contributed by atoms with E-state index in [0.29, 0.717) is 0 Å². The minimum Gasteiger partial charge on any atom is -0.317 e. The molecule has 1 aliphatic heterocycles. The lowest BCUT2D eigenvalue weighted by Gasteiger charge is -2.08. The minimum absolute atomic E-state index is 1.02. The van der Waals surface area contributed by atoms with Gasteiger partial charge in [-0.2, -0.15) is 0 Å². The number of halogens is 1. The van der Waals surface area contributed by atoms with E-state index in [1.54, 1.807) is 12.1 Å². The summed E-state index contributed by atoms with van der Waals surface area (Å²) in [6.07, 6.45) is 3.94. The van der Waals surface area contributed by atoms with Crippen LogP contribution in [0.5, 0.6) is 0 Å². The molecule has 1 rings (SSSR count). The van der Waals surface area contributed by atoms with E-state index in [9.17, 15) is 0 Å². The monoisotopic (exact) mass is 194 g/mol. The predicted molar refractivity (Wildman–Crippen MR) is 40.4 cm³/mol. The molecule has 0 aromatic rings.